The lowest BCUT2D eigenvalue weighted by Crippen LogP contribution is -2.53. The molecule has 2 aliphatic heterocycles. The molecule has 2 heterocycles. The number of piperazine rings is 1. The van der Waals surface area contributed by atoms with E-state index in [1.165, 1.54) is 0 Å². The van der Waals surface area contributed by atoms with E-state index < -0.39 is 0 Å². The number of benzene rings is 1. The normalized spacial score (nSPS) is 20.9. The van der Waals surface area contributed by atoms with Gasteiger partial charge in [-0.25, -0.2) is 4.79 Å². The Morgan fingerprint density at radius 3 is 2.80 bits per heavy atom. The number of fused-ring (bicyclic) bond motifs is 3. The molecule has 20 heavy (non-hydrogen) atoms. The highest BCUT2D eigenvalue weighted by molar-refractivity contribution is 5.99. The predicted octanol–water partition coefficient (Wildman–Crippen LogP) is 1.62. The lowest BCUT2D eigenvalue weighted by atomic mass is 10.0. The summed E-state index contributed by atoms with van der Waals surface area (Å²) in [4.78, 5) is 28.1. The quantitative estimate of drug-likeness (QED) is 0.845. The van der Waals surface area contributed by atoms with Crippen molar-refractivity contribution >= 4 is 11.9 Å². The van der Waals surface area contributed by atoms with Crippen LogP contribution in [0.4, 0.5) is 4.79 Å². The minimum Gasteiger partial charge on any atom is -0.336 e. The Labute approximate surface area is 118 Å². The van der Waals surface area contributed by atoms with Gasteiger partial charge in [-0.05, 0) is 25.5 Å². The molecule has 3 rings (SSSR count). The molecule has 106 valence electrons. The van der Waals surface area contributed by atoms with E-state index in [1.54, 1.807) is 4.90 Å². The van der Waals surface area contributed by atoms with Crippen LogP contribution in [0.3, 0.4) is 0 Å². The van der Waals surface area contributed by atoms with Crippen molar-refractivity contribution in [2.24, 2.45) is 0 Å². The lowest BCUT2D eigenvalue weighted by molar-refractivity contribution is 0.0574. The molecular formula is C15H19N3O2. The summed E-state index contributed by atoms with van der Waals surface area (Å²) in [6, 6.07) is 7.78. The van der Waals surface area contributed by atoms with Gasteiger partial charge in [-0.1, -0.05) is 18.2 Å². The zero-order valence-corrected chi connectivity index (χ0v) is 11.8. The van der Waals surface area contributed by atoms with E-state index in [2.05, 4.69) is 5.32 Å². The number of carbonyl (C=O) groups excluding carboxylic acids is 2. The molecule has 0 saturated carbocycles. The molecule has 0 aromatic heterocycles. The first-order valence-corrected chi connectivity index (χ1v) is 7.03. The molecule has 2 aliphatic rings. The fourth-order valence-electron chi connectivity index (χ4n) is 2.95. The summed E-state index contributed by atoms with van der Waals surface area (Å²) in [7, 11) is 0. The van der Waals surface area contributed by atoms with Crippen LogP contribution >= 0.6 is 0 Å². The van der Waals surface area contributed by atoms with E-state index in [-0.39, 0.29) is 24.0 Å². The Hall–Kier alpha value is -2.04. The highest BCUT2D eigenvalue weighted by Crippen LogP contribution is 2.35. The molecule has 0 bridgehead atoms. The van der Waals surface area contributed by atoms with Gasteiger partial charge in [-0.15, -0.1) is 0 Å². The molecule has 1 aromatic carbocycles. The van der Waals surface area contributed by atoms with Crippen molar-refractivity contribution in [2.45, 2.75) is 25.9 Å². The number of carbonyl (C=O) groups is 2. The van der Waals surface area contributed by atoms with Gasteiger partial charge < -0.3 is 15.1 Å². The number of hydrogen-bond donors (Lipinski definition) is 1. The Morgan fingerprint density at radius 2 is 2.05 bits per heavy atom. The van der Waals surface area contributed by atoms with Crippen molar-refractivity contribution in [1.29, 1.82) is 0 Å². The molecule has 0 radical (unpaired) electrons. The maximum absolute atomic E-state index is 12.3. The van der Waals surface area contributed by atoms with Gasteiger partial charge in [0.25, 0.3) is 5.91 Å². The standard InChI is InChI=1S/C15H19N3O2/c1-10(2)16-15(20)17-7-8-18-13(9-17)11-5-3-4-6-12(11)14(18)19/h3-6,10,13H,7-9H2,1-2H3,(H,16,20)/t13-/m1/s1. The first-order chi connectivity index (χ1) is 9.58. The van der Waals surface area contributed by atoms with Gasteiger partial charge in [0.1, 0.15) is 0 Å². The SMILES string of the molecule is CC(C)NC(=O)N1CCN2C(=O)c3ccccc3[C@H]2C1. The molecule has 5 heteroatoms. The van der Waals surface area contributed by atoms with Crippen LogP contribution in [0, 0.1) is 0 Å². The Morgan fingerprint density at radius 1 is 1.30 bits per heavy atom. The molecule has 1 fully saturated rings. The maximum Gasteiger partial charge on any atom is 0.317 e. The average molecular weight is 273 g/mol. The first kappa shape index (κ1) is 13.0. The maximum atomic E-state index is 12.3. The van der Waals surface area contributed by atoms with Crippen LogP contribution in [-0.2, 0) is 0 Å². The Balaban J connectivity index is 1.81. The third-order valence-electron chi connectivity index (χ3n) is 3.89. The van der Waals surface area contributed by atoms with Crippen LogP contribution in [0.15, 0.2) is 24.3 Å². The van der Waals surface area contributed by atoms with Gasteiger partial charge in [0, 0.05) is 31.2 Å². The minimum atomic E-state index is -0.0449. The Kier molecular flexibility index (Phi) is 3.12. The molecule has 0 spiro atoms. The van der Waals surface area contributed by atoms with Crippen LogP contribution in [0.25, 0.3) is 0 Å². The largest absolute Gasteiger partial charge is 0.336 e. The van der Waals surface area contributed by atoms with Crippen molar-refractivity contribution in [3.05, 3.63) is 35.4 Å². The van der Waals surface area contributed by atoms with E-state index in [0.717, 1.165) is 11.1 Å². The van der Waals surface area contributed by atoms with Crippen LogP contribution in [0.2, 0.25) is 0 Å². The van der Waals surface area contributed by atoms with Gasteiger partial charge in [-0.3, -0.25) is 4.79 Å². The van der Waals surface area contributed by atoms with Crippen molar-refractivity contribution in [1.82, 2.24) is 15.1 Å². The summed E-state index contributed by atoms with van der Waals surface area (Å²) >= 11 is 0. The van der Waals surface area contributed by atoms with E-state index in [0.29, 0.717) is 19.6 Å². The molecule has 0 aliphatic carbocycles. The monoisotopic (exact) mass is 273 g/mol. The van der Waals surface area contributed by atoms with E-state index in [1.807, 2.05) is 43.0 Å². The second-order valence-electron chi connectivity index (χ2n) is 5.65. The molecule has 1 saturated heterocycles. The zero-order valence-electron chi connectivity index (χ0n) is 11.8. The number of urea groups is 1. The van der Waals surface area contributed by atoms with E-state index in [4.69, 9.17) is 0 Å². The highest BCUT2D eigenvalue weighted by Gasteiger charge is 2.40. The number of rotatable bonds is 1. The van der Waals surface area contributed by atoms with Crippen LogP contribution < -0.4 is 5.32 Å². The van der Waals surface area contributed by atoms with Crippen LogP contribution in [-0.4, -0.2) is 47.4 Å². The van der Waals surface area contributed by atoms with Crippen molar-refractivity contribution < 1.29 is 9.59 Å². The number of hydrogen-bond acceptors (Lipinski definition) is 2. The minimum absolute atomic E-state index is 0.00497. The summed E-state index contributed by atoms with van der Waals surface area (Å²) < 4.78 is 0. The van der Waals surface area contributed by atoms with Crippen LogP contribution in [0.1, 0.15) is 35.8 Å². The molecule has 1 atom stereocenters. The molecule has 3 amide bonds. The smallest absolute Gasteiger partial charge is 0.317 e. The molecule has 1 aromatic rings. The van der Waals surface area contributed by atoms with Crippen LogP contribution in [0.5, 0.6) is 0 Å². The average Bonchev–Trinajstić information content (AvgIpc) is 2.72. The second-order valence-corrected chi connectivity index (χ2v) is 5.65. The molecular weight excluding hydrogens is 254 g/mol. The van der Waals surface area contributed by atoms with Crippen molar-refractivity contribution in [3.8, 4) is 0 Å². The number of nitrogens with one attached hydrogen (secondary N) is 1. The van der Waals surface area contributed by atoms with E-state index in [9.17, 15) is 9.59 Å². The van der Waals surface area contributed by atoms with Crippen molar-refractivity contribution in [3.63, 3.8) is 0 Å². The van der Waals surface area contributed by atoms with Gasteiger partial charge in [-0.2, -0.15) is 0 Å². The van der Waals surface area contributed by atoms with E-state index >= 15 is 0 Å². The lowest BCUT2D eigenvalue weighted by Gasteiger charge is -2.38. The fraction of sp³-hybridized carbons (Fsp3) is 0.467. The second kappa shape index (κ2) is 4.81. The topological polar surface area (TPSA) is 52.7 Å². The summed E-state index contributed by atoms with van der Waals surface area (Å²) in [5.74, 6) is 0.0921. The molecule has 5 nitrogen and oxygen atoms in total. The van der Waals surface area contributed by atoms with Gasteiger partial charge in [0.05, 0.1) is 6.04 Å². The van der Waals surface area contributed by atoms with Gasteiger partial charge >= 0.3 is 6.03 Å². The third-order valence-corrected chi connectivity index (χ3v) is 3.89. The summed E-state index contributed by atoms with van der Waals surface area (Å²) in [5.41, 5.74) is 1.82. The molecule has 0 unspecified atom stereocenters. The number of nitrogens with zero attached hydrogens (tertiary/aromatic N) is 2. The highest BCUT2D eigenvalue weighted by atomic mass is 16.2. The van der Waals surface area contributed by atoms with Gasteiger partial charge in [0.2, 0.25) is 0 Å². The first-order valence-electron chi connectivity index (χ1n) is 7.03. The van der Waals surface area contributed by atoms with Crippen molar-refractivity contribution in [2.75, 3.05) is 19.6 Å². The zero-order chi connectivity index (χ0) is 14.3. The predicted molar refractivity (Wildman–Crippen MR) is 75.5 cm³/mol. The fourth-order valence-corrected chi connectivity index (χ4v) is 2.95. The summed E-state index contributed by atoms with van der Waals surface area (Å²) in [5, 5.41) is 2.91. The third kappa shape index (κ3) is 2.03. The Bertz CT molecular complexity index is 556. The summed E-state index contributed by atoms with van der Waals surface area (Å²) in [6.45, 7) is 5.66. The molecule has 1 N–H and O–H groups in total. The van der Waals surface area contributed by atoms with Gasteiger partial charge in [0.15, 0.2) is 0 Å². The number of amides is 3. The summed E-state index contributed by atoms with van der Waals surface area (Å²) in [6.07, 6.45) is 0.